The standard InChI is InChI=1S/C17H25N5O4/c1-9-4-2-3-5-10(9)21-15-12-16(19-7-18-15)22(8-20-12)17-14(25)13(24)11(6-23)26-17/h7-11,13-14,17,23-25H,2-6H2,1H3,(H,18,19,21)/t9-,10?,11-,13-,14-,17-/m1/s1. The molecule has 9 nitrogen and oxygen atoms in total. The van der Waals surface area contributed by atoms with Crippen molar-refractivity contribution in [3.63, 3.8) is 0 Å². The Labute approximate surface area is 151 Å². The van der Waals surface area contributed by atoms with E-state index in [1.165, 1.54) is 31.9 Å². The smallest absolute Gasteiger partial charge is 0.167 e. The molecule has 2 aromatic rings. The molecular formula is C17H25N5O4. The maximum Gasteiger partial charge on any atom is 0.167 e. The van der Waals surface area contributed by atoms with Gasteiger partial charge in [0.2, 0.25) is 0 Å². The number of aromatic nitrogens is 4. The molecule has 1 unspecified atom stereocenters. The van der Waals surface area contributed by atoms with Crippen molar-refractivity contribution in [3.8, 4) is 0 Å². The van der Waals surface area contributed by atoms with E-state index in [9.17, 15) is 15.3 Å². The van der Waals surface area contributed by atoms with E-state index < -0.39 is 24.5 Å². The number of hydrogen-bond donors (Lipinski definition) is 4. The highest BCUT2D eigenvalue weighted by Gasteiger charge is 2.44. The summed E-state index contributed by atoms with van der Waals surface area (Å²) in [5.41, 5.74) is 1.11. The van der Waals surface area contributed by atoms with Gasteiger partial charge >= 0.3 is 0 Å². The highest BCUT2D eigenvalue weighted by molar-refractivity contribution is 5.82. The fourth-order valence-electron chi connectivity index (χ4n) is 3.96. The van der Waals surface area contributed by atoms with Gasteiger partial charge in [-0.15, -0.1) is 0 Å². The van der Waals surface area contributed by atoms with Gasteiger partial charge in [-0.2, -0.15) is 0 Å². The van der Waals surface area contributed by atoms with Gasteiger partial charge in [0.05, 0.1) is 12.9 Å². The van der Waals surface area contributed by atoms with Gasteiger partial charge < -0.3 is 25.4 Å². The Bertz CT molecular complexity index is 769. The molecule has 3 heterocycles. The molecule has 0 bridgehead atoms. The topological polar surface area (TPSA) is 126 Å². The Morgan fingerprint density at radius 3 is 2.73 bits per heavy atom. The lowest BCUT2D eigenvalue weighted by Crippen LogP contribution is -2.33. The van der Waals surface area contributed by atoms with Gasteiger partial charge in [0.15, 0.2) is 23.2 Å². The molecule has 26 heavy (non-hydrogen) atoms. The first-order valence-corrected chi connectivity index (χ1v) is 9.16. The van der Waals surface area contributed by atoms with Crippen LogP contribution in [0.4, 0.5) is 5.82 Å². The number of aliphatic hydroxyl groups excluding tert-OH is 3. The highest BCUT2D eigenvalue weighted by atomic mass is 16.6. The Morgan fingerprint density at radius 1 is 1.19 bits per heavy atom. The molecule has 0 radical (unpaired) electrons. The molecule has 4 rings (SSSR count). The van der Waals surface area contributed by atoms with E-state index in [-0.39, 0.29) is 6.61 Å². The van der Waals surface area contributed by atoms with Gasteiger partial charge in [0.1, 0.15) is 24.6 Å². The Morgan fingerprint density at radius 2 is 2.00 bits per heavy atom. The van der Waals surface area contributed by atoms with Gasteiger partial charge in [0, 0.05) is 6.04 Å². The maximum atomic E-state index is 10.3. The first-order chi connectivity index (χ1) is 12.6. The average molecular weight is 363 g/mol. The quantitative estimate of drug-likeness (QED) is 0.616. The van der Waals surface area contributed by atoms with Crippen molar-refractivity contribution < 1.29 is 20.1 Å². The number of nitrogens with one attached hydrogen (secondary N) is 1. The number of fused-ring (bicyclic) bond motifs is 1. The average Bonchev–Trinajstić information content (AvgIpc) is 3.19. The maximum absolute atomic E-state index is 10.3. The SMILES string of the molecule is C[C@@H]1CCCCC1Nc1ncnc2c1ncn2[C@@H]1O[C@H](CO)[C@@H](O)[C@H]1O. The van der Waals surface area contributed by atoms with Crippen LogP contribution in [0.1, 0.15) is 38.8 Å². The van der Waals surface area contributed by atoms with Crippen LogP contribution in [0, 0.1) is 5.92 Å². The van der Waals surface area contributed by atoms with Gasteiger partial charge in [-0.3, -0.25) is 4.57 Å². The molecular weight excluding hydrogens is 338 g/mol. The predicted octanol–water partition coefficient (Wildman–Crippen LogP) is 0.428. The Balaban J connectivity index is 1.63. The third kappa shape index (κ3) is 2.94. The van der Waals surface area contributed by atoms with Gasteiger partial charge in [-0.05, 0) is 18.8 Å². The lowest BCUT2D eigenvalue weighted by atomic mass is 9.86. The molecule has 1 aliphatic heterocycles. The molecule has 2 aliphatic rings. The molecule has 0 amide bonds. The minimum atomic E-state index is -1.17. The van der Waals surface area contributed by atoms with Crippen LogP contribution >= 0.6 is 0 Å². The summed E-state index contributed by atoms with van der Waals surface area (Å²) in [6, 6.07) is 0.348. The summed E-state index contributed by atoms with van der Waals surface area (Å²) in [5, 5.41) is 33.0. The Kier molecular flexibility index (Phi) is 4.78. The summed E-state index contributed by atoms with van der Waals surface area (Å²) in [4.78, 5) is 13.0. The van der Waals surface area contributed by atoms with Gasteiger partial charge in [-0.25, -0.2) is 15.0 Å². The fourth-order valence-corrected chi connectivity index (χ4v) is 3.96. The second-order valence-electron chi connectivity index (χ2n) is 7.29. The normalized spacial score (nSPS) is 35.1. The number of hydrogen-bond acceptors (Lipinski definition) is 8. The van der Waals surface area contributed by atoms with Crippen LogP contribution in [0.25, 0.3) is 11.2 Å². The molecule has 9 heteroatoms. The summed E-state index contributed by atoms with van der Waals surface area (Å²) in [5.74, 6) is 1.23. The van der Waals surface area contributed by atoms with E-state index in [2.05, 4.69) is 27.2 Å². The van der Waals surface area contributed by atoms with Crippen molar-refractivity contribution in [3.05, 3.63) is 12.7 Å². The first-order valence-electron chi connectivity index (χ1n) is 9.16. The van der Waals surface area contributed by atoms with Crippen molar-refractivity contribution >= 4 is 17.0 Å². The zero-order chi connectivity index (χ0) is 18.3. The minimum absolute atomic E-state index is 0.348. The van der Waals surface area contributed by atoms with Crippen molar-refractivity contribution in [2.45, 2.75) is 63.2 Å². The fraction of sp³-hybridized carbons (Fsp3) is 0.706. The zero-order valence-corrected chi connectivity index (χ0v) is 14.7. The van der Waals surface area contributed by atoms with E-state index in [1.54, 1.807) is 4.57 Å². The number of ether oxygens (including phenoxy) is 1. The molecule has 2 aromatic heterocycles. The van der Waals surface area contributed by atoms with Crippen LogP contribution in [0.2, 0.25) is 0 Å². The molecule has 0 aromatic carbocycles. The van der Waals surface area contributed by atoms with E-state index in [4.69, 9.17) is 4.74 Å². The molecule has 2 fully saturated rings. The van der Waals surface area contributed by atoms with Gasteiger partial charge in [-0.1, -0.05) is 19.8 Å². The Hall–Kier alpha value is -1.81. The van der Waals surface area contributed by atoms with E-state index in [1.807, 2.05) is 0 Å². The molecule has 1 aliphatic carbocycles. The lowest BCUT2D eigenvalue weighted by Gasteiger charge is -2.29. The third-order valence-electron chi connectivity index (χ3n) is 5.58. The summed E-state index contributed by atoms with van der Waals surface area (Å²) >= 11 is 0. The summed E-state index contributed by atoms with van der Waals surface area (Å²) in [6.45, 7) is 1.87. The largest absolute Gasteiger partial charge is 0.394 e. The first kappa shape index (κ1) is 17.6. The number of rotatable bonds is 4. The van der Waals surface area contributed by atoms with Crippen molar-refractivity contribution in [1.82, 2.24) is 19.5 Å². The van der Waals surface area contributed by atoms with Crippen LogP contribution < -0.4 is 5.32 Å². The van der Waals surface area contributed by atoms with Crippen LogP contribution in [-0.4, -0.2) is 65.8 Å². The summed E-state index contributed by atoms with van der Waals surface area (Å²) in [6.07, 6.45) is 3.71. The number of anilines is 1. The van der Waals surface area contributed by atoms with Crippen LogP contribution in [0.15, 0.2) is 12.7 Å². The monoisotopic (exact) mass is 363 g/mol. The molecule has 1 saturated carbocycles. The number of nitrogens with zero attached hydrogens (tertiary/aromatic N) is 4. The third-order valence-corrected chi connectivity index (χ3v) is 5.58. The van der Waals surface area contributed by atoms with E-state index >= 15 is 0 Å². The van der Waals surface area contributed by atoms with Gasteiger partial charge in [0.25, 0.3) is 0 Å². The predicted molar refractivity (Wildman–Crippen MR) is 93.4 cm³/mol. The zero-order valence-electron chi connectivity index (χ0n) is 14.7. The molecule has 1 saturated heterocycles. The summed E-state index contributed by atoms with van der Waals surface area (Å²) < 4.78 is 7.17. The second-order valence-corrected chi connectivity index (χ2v) is 7.29. The van der Waals surface area contributed by atoms with E-state index in [0.717, 1.165) is 6.42 Å². The highest BCUT2D eigenvalue weighted by Crippen LogP contribution is 2.33. The number of imidazole rings is 1. The van der Waals surface area contributed by atoms with Crippen molar-refractivity contribution in [2.24, 2.45) is 5.92 Å². The van der Waals surface area contributed by atoms with Crippen molar-refractivity contribution in [1.29, 1.82) is 0 Å². The minimum Gasteiger partial charge on any atom is -0.394 e. The molecule has 142 valence electrons. The van der Waals surface area contributed by atoms with Crippen LogP contribution in [-0.2, 0) is 4.74 Å². The lowest BCUT2D eigenvalue weighted by molar-refractivity contribution is -0.0511. The molecule has 4 N–H and O–H groups in total. The molecule has 0 spiro atoms. The molecule has 6 atom stereocenters. The second kappa shape index (κ2) is 7.07. The van der Waals surface area contributed by atoms with Crippen LogP contribution in [0.5, 0.6) is 0 Å². The summed E-state index contributed by atoms with van der Waals surface area (Å²) in [7, 11) is 0. The van der Waals surface area contributed by atoms with Crippen LogP contribution in [0.3, 0.4) is 0 Å². The van der Waals surface area contributed by atoms with E-state index in [0.29, 0.717) is 28.9 Å². The van der Waals surface area contributed by atoms with Crippen molar-refractivity contribution in [2.75, 3.05) is 11.9 Å². The number of aliphatic hydroxyl groups is 3.